The highest BCUT2D eigenvalue weighted by Crippen LogP contribution is 2.41. The fraction of sp³-hybridized carbons (Fsp3) is 0.562. The van der Waals surface area contributed by atoms with E-state index in [1.807, 2.05) is 12.1 Å². The molecule has 0 bridgehead atoms. The molecule has 0 aliphatic heterocycles. The second kappa shape index (κ2) is 4.48. The van der Waals surface area contributed by atoms with Gasteiger partial charge < -0.3 is 15.2 Å². The van der Waals surface area contributed by atoms with E-state index in [1.54, 1.807) is 0 Å². The zero-order valence-corrected chi connectivity index (χ0v) is 12.8. The summed E-state index contributed by atoms with van der Waals surface area (Å²) in [7, 11) is 4.27. The molecule has 0 amide bonds. The van der Waals surface area contributed by atoms with Gasteiger partial charge in [0.15, 0.2) is 0 Å². The molecule has 1 aliphatic carbocycles. The lowest BCUT2D eigenvalue weighted by Gasteiger charge is -2.33. The number of fused-ring (bicyclic) bond motifs is 1. The number of likely N-dealkylation sites (N-methyl/N-ethyl adjacent to an activating group) is 1. The molecule has 2 N–H and O–H groups in total. The van der Waals surface area contributed by atoms with Crippen molar-refractivity contribution < 1.29 is 0 Å². The molecule has 4 nitrogen and oxygen atoms in total. The first-order valence-electron chi connectivity index (χ1n) is 7.31. The topological polar surface area (TPSA) is 47.1 Å². The van der Waals surface area contributed by atoms with Crippen LogP contribution in [-0.2, 0) is 6.54 Å². The molecular weight excluding hydrogens is 248 g/mol. The first-order valence-corrected chi connectivity index (χ1v) is 7.31. The summed E-state index contributed by atoms with van der Waals surface area (Å²) in [5.74, 6) is 1.88. The van der Waals surface area contributed by atoms with E-state index in [0.717, 1.165) is 17.7 Å². The number of hydrogen-bond acceptors (Lipinski definition) is 3. The van der Waals surface area contributed by atoms with Gasteiger partial charge in [-0.3, -0.25) is 0 Å². The van der Waals surface area contributed by atoms with Crippen LogP contribution >= 0.6 is 0 Å². The van der Waals surface area contributed by atoms with E-state index in [2.05, 4.69) is 43.5 Å². The standard InChI is InChI=1S/C16H24N4/c1-16(2,19(3)4)10-20-14-8-7-12(17)9-13(14)18-15(20)11-5-6-11/h7-9,11H,5-6,10,17H2,1-4H3. The van der Waals surface area contributed by atoms with Crippen molar-refractivity contribution >= 4 is 16.7 Å². The molecule has 1 aromatic carbocycles. The van der Waals surface area contributed by atoms with Gasteiger partial charge >= 0.3 is 0 Å². The third kappa shape index (κ3) is 2.29. The fourth-order valence-corrected chi connectivity index (χ4v) is 2.51. The van der Waals surface area contributed by atoms with Crippen LogP contribution in [0.3, 0.4) is 0 Å². The highest BCUT2D eigenvalue weighted by Gasteiger charge is 2.32. The number of nitrogens with zero attached hydrogens (tertiary/aromatic N) is 3. The Morgan fingerprint density at radius 1 is 1.35 bits per heavy atom. The van der Waals surface area contributed by atoms with Crippen LogP contribution in [0.1, 0.15) is 38.4 Å². The maximum atomic E-state index is 5.89. The summed E-state index contributed by atoms with van der Waals surface area (Å²) < 4.78 is 2.40. The number of nitrogens with two attached hydrogens (primary N) is 1. The molecule has 108 valence electrons. The molecule has 4 heteroatoms. The summed E-state index contributed by atoms with van der Waals surface area (Å²) in [6.45, 7) is 5.49. The Balaban J connectivity index is 2.09. The molecule has 1 heterocycles. The maximum absolute atomic E-state index is 5.89. The van der Waals surface area contributed by atoms with Crippen LogP contribution in [0.25, 0.3) is 11.0 Å². The Morgan fingerprint density at radius 2 is 2.05 bits per heavy atom. The van der Waals surface area contributed by atoms with Gasteiger partial charge in [-0.2, -0.15) is 0 Å². The smallest absolute Gasteiger partial charge is 0.113 e. The minimum absolute atomic E-state index is 0.0959. The lowest BCUT2D eigenvalue weighted by molar-refractivity contribution is 0.170. The lowest BCUT2D eigenvalue weighted by Crippen LogP contribution is -2.42. The molecule has 3 rings (SSSR count). The van der Waals surface area contributed by atoms with E-state index in [9.17, 15) is 0 Å². The normalized spacial score (nSPS) is 16.2. The van der Waals surface area contributed by atoms with Crippen molar-refractivity contribution in [1.29, 1.82) is 0 Å². The van der Waals surface area contributed by atoms with Crippen molar-refractivity contribution in [2.75, 3.05) is 19.8 Å². The zero-order chi connectivity index (χ0) is 14.5. The predicted octanol–water partition coefficient (Wildman–Crippen LogP) is 2.84. The van der Waals surface area contributed by atoms with Crippen molar-refractivity contribution in [2.45, 2.75) is 44.7 Å². The molecule has 1 aliphatic rings. The van der Waals surface area contributed by atoms with Crippen molar-refractivity contribution in [3.05, 3.63) is 24.0 Å². The van der Waals surface area contributed by atoms with Gasteiger partial charge in [0.2, 0.25) is 0 Å². The number of benzene rings is 1. The minimum Gasteiger partial charge on any atom is -0.399 e. The summed E-state index contributed by atoms with van der Waals surface area (Å²) in [6, 6.07) is 6.06. The van der Waals surface area contributed by atoms with Crippen molar-refractivity contribution in [2.24, 2.45) is 0 Å². The highest BCUT2D eigenvalue weighted by molar-refractivity contribution is 5.80. The Bertz CT molecular complexity index is 635. The summed E-state index contributed by atoms with van der Waals surface area (Å²) in [6.07, 6.45) is 2.53. The number of anilines is 1. The van der Waals surface area contributed by atoms with Gasteiger partial charge in [0.25, 0.3) is 0 Å². The molecule has 2 aromatic rings. The number of nitrogen functional groups attached to an aromatic ring is 1. The number of aromatic nitrogens is 2. The van der Waals surface area contributed by atoms with Gasteiger partial charge in [0.05, 0.1) is 11.0 Å². The van der Waals surface area contributed by atoms with Gasteiger partial charge in [-0.05, 0) is 59.0 Å². The molecule has 0 radical (unpaired) electrons. The van der Waals surface area contributed by atoms with Crippen LogP contribution in [0, 0.1) is 0 Å². The summed E-state index contributed by atoms with van der Waals surface area (Å²) in [5.41, 5.74) is 9.01. The van der Waals surface area contributed by atoms with Gasteiger partial charge in [0, 0.05) is 23.7 Å². The quantitative estimate of drug-likeness (QED) is 0.871. The van der Waals surface area contributed by atoms with Gasteiger partial charge in [0.1, 0.15) is 5.82 Å². The Labute approximate surface area is 120 Å². The van der Waals surface area contributed by atoms with Crippen LogP contribution < -0.4 is 5.73 Å². The van der Waals surface area contributed by atoms with Crippen molar-refractivity contribution in [3.8, 4) is 0 Å². The molecular formula is C16H24N4. The lowest BCUT2D eigenvalue weighted by atomic mass is 10.0. The zero-order valence-electron chi connectivity index (χ0n) is 12.8. The Kier molecular flexibility index (Phi) is 3.01. The highest BCUT2D eigenvalue weighted by atomic mass is 15.2. The van der Waals surface area contributed by atoms with E-state index in [4.69, 9.17) is 10.7 Å². The average molecular weight is 272 g/mol. The SMILES string of the molecule is CN(C)C(C)(C)Cn1c(C2CC2)nc2cc(N)ccc21. The van der Waals surface area contributed by atoms with E-state index in [-0.39, 0.29) is 5.54 Å². The van der Waals surface area contributed by atoms with Crippen LogP contribution in [0.2, 0.25) is 0 Å². The number of imidazole rings is 1. The first kappa shape index (κ1) is 13.4. The molecule has 1 aromatic heterocycles. The van der Waals surface area contributed by atoms with Crippen LogP contribution in [0.5, 0.6) is 0 Å². The summed E-state index contributed by atoms with van der Waals surface area (Å²) in [4.78, 5) is 7.11. The summed E-state index contributed by atoms with van der Waals surface area (Å²) in [5, 5.41) is 0. The molecule has 0 atom stereocenters. The van der Waals surface area contributed by atoms with Gasteiger partial charge in [-0.15, -0.1) is 0 Å². The predicted molar refractivity (Wildman–Crippen MR) is 83.9 cm³/mol. The van der Waals surface area contributed by atoms with E-state index < -0.39 is 0 Å². The monoisotopic (exact) mass is 272 g/mol. The molecule has 20 heavy (non-hydrogen) atoms. The summed E-state index contributed by atoms with van der Waals surface area (Å²) >= 11 is 0. The molecule has 1 fully saturated rings. The Morgan fingerprint density at radius 3 is 2.65 bits per heavy atom. The van der Waals surface area contributed by atoms with E-state index >= 15 is 0 Å². The minimum atomic E-state index is 0.0959. The second-order valence-electron chi connectivity index (χ2n) is 6.79. The first-order chi connectivity index (χ1) is 9.38. The van der Waals surface area contributed by atoms with E-state index in [1.165, 1.54) is 24.2 Å². The molecule has 0 spiro atoms. The largest absolute Gasteiger partial charge is 0.399 e. The Hall–Kier alpha value is -1.55. The van der Waals surface area contributed by atoms with Crippen molar-refractivity contribution in [1.82, 2.24) is 14.5 Å². The number of hydrogen-bond donors (Lipinski definition) is 1. The van der Waals surface area contributed by atoms with Crippen LogP contribution in [-0.4, -0.2) is 34.1 Å². The van der Waals surface area contributed by atoms with Gasteiger partial charge in [-0.25, -0.2) is 4.98 Å². The molecule has 0 saturated heterocycles. The van der Waals surface area contributed by atoms with Crippen LogP contribution in [0.15, 0.2) is 18.2 Å². The van der Waals surface area contributed by atoms with Crippen LogP contribution in [0.4, 0.5) is 5.69 Å². The van der Waals surface area contributed by atoms with E-state index in [0.29, 0.717) is 5.92 Å². The second-order valence-corrected chi connectivity index (χ2v) is 6.79. The third-order valence-electron chi connectivity index (χ3n) is 4.50. The molecule has 1 saturated carbocycles. The average Bonchev–Trinajstić information content (AvgIpc) is 3.14. The maximum Gasteiger partial charge on any atom is 0.113 e. The van der Waals surface area contributed by atoms with Crippen molar-refractivity contribution in [3.63, 3.8) is 0 Å². The third-order valence-corrected chi connectivity index (χ3v) is 4.50. The fourth-order valence-electron chi connectivity index (χ4n) is 2.51. The van der Waals surface area contributed by atoms with Gasteiger partial charge in [-0.1, -0.05) is 0 Å². The molecule has 0 unspecified atom stereocenters. The number of rotatable bonds is 4.